The number of piperidine rings is 1. The Bertz CT molecular complexity index is 101. The van der Waals surface area contributed by atoms with Gasteiger partial charge in [-0.2, -0.15) is 0 Å². The first-order valence-electron chi connectivity index (χ1n) is 4.98. The van der Waals surface area contributed by atoms with Crippen LogP contribution in [0.3, 0.4) is 0 Å². The molecule has 0 radical (unpaired) electrons. The molecule has 1 aliphatic rings. The van der Waals surface area contributed by atoms with Crippen LogP contribution in [0.2, 0.25) is 0 Å². The number of hydrogen-bond acceptors (Lipinski definition) is 1. The quantitative estimate of drug-likeness (QED) is 0.646. The maximum Gasteiger partial charge on any atom is 0.00438 e. The third-order valence-corrected chi connectivity index (χ3v) is 2.64. The van der Waals surface area contributed by atoms with Crippen LogP contribution < -0.4 is 5.32 Å². The van der Waals surface area contributed by atoms with Crippen LogP contribution in [-0.2, 0) is 0 Å². The normalized spacial score (nSPS) is 39.0. The number of nitrogens with one attached hydrogen (secondary N) is 1. The molecule has 1 aliphatic heterocycles. The van der Waals surface area contributed by atoms with Gasteiger partial charge in [-0.25, -0.2) is 0 Å². The van der Waals surface area contributed by atoms with Gasteiger partial charge in [-0.1, -0.05) is 19.8 Å². The van der Waals surface area contributed by atoms with Crippen LogP contribution >= 0.6 is 0 Å². The van der Waals surface area contributed by atoms with Crippen molar-refractivity contribution in [1.29, 1.82) is 0 Å². The standard InChI is InChI=1S/C10H21N/c1-4-5-10-6-8(2)11-9(3)7-10/h8-11H,4-7H2,1-3H3. The summed E-state index contributed by atoms with van der Waals surface area (Å²) in [6, 6.07) is 1.49. The maximum atomic E-state index is 3.57. The highest BCUT2D eigenvalue weighted by Gasteiger charge is 2.21. The van der Waals surface area contributed by atoms with Gasteiger partial charge in [0.15, 0.2) is 0 Å². The predicted molar refractivity (Wildman–Crippen MR) is 49.7 cm³/mol. The van der Waals surface area contributed by atoms with Crippen molar-refractivity contribution < 1.29 is 0 Å². The van der Waals surface area contributed by atoms with Crippen LogP contribution in [0, 0.1) is 5.92 Å². The van der Waals surface area contributed by atoms with Gasteiger partial charge in [0, 0.05) is 12.1 Å². The van der Waals surface area contributed by atoms with Crippen molar-refractivity contribution in [2.75, 3.05) is 0 Å². The summed E-state index contributed by atoms with van der Waals surface area (Å²) in [5, 5.41) is 3.57. The van der Waals surface area contributed by atoms with E-state index in [-0.39, 0.29) is 0 Å². The Morgan fingerprint density at radius 2 is 1.73 bits per heavy atom. The average molecular weight is 155 g/mol. The molecule has 0 amide bonds. The molecule has 1 heterocycles. The molecule has 0 aromatic rings. The Hall–Kier alpha value is -0.0400. The zero-order chi connectivity index (χ0) is 8.27. The number of hydrogen-bond donors (Lipinski definition) is 1. The second-order valence-corrected chi connectivity index (χ2v) is 4.09. The minimum Gasteiger partial charge on any atom is -0.312 e. The van der Waals surface area contributed by atoms with E-state index in [1.54, 1.807) is 0 Å². The highest BCUT2D eigenvalue weighted by Crippen LogP contribution is 2.23. The monoisotopic (exact) mass is 155 g/mol. The van der Waals surface area contributed by atoms with Gasteiger partial charge in [-0.15, -0.1) is 0 Å². The van der Waals surface area contributed by atoms with Gasteiger partial charge in [-0.05, 0) is 32.6 Å². The minimum absolute atomic E-state index is 0.746. The molecule has 66 valence electrons. The van der Waals surface area contributed by atoms with Crippen LogP contribution in [0.4, 0.5) is 0 Å². The molecule has 1 heteroatoms. The van der Waals surface area contributed by atoms with Gasteiger partial charge in [0.05, 0.1) is 0 Å². The zero-order valence-electron chi connectivity index (χ0n) is 8.06. The molecular formula is C10H21N. The molecule has 11 heavy (non-hydrogen) atoms. The minimum atomic E-state index is 0.746. The molecular weight excluding hydrogens is 134 g/mol. The third-order valence-electron chi connectivity index (χ3n) is 2.64. The first-order valence-corrected chi connectivity index (χ1v) is 4.98. The fourth-order valence-electron chi connectivity index (χ4n) is 2.36. The Morgan fingerprint density at radius 3 is 2.18 bits per heavy atom. The van der Waals surface area contributed by atoms with E-state index in [4.69, 9.17) is 0 Å². The van der Waals surface area contributed by atoms with Crippen molar-refractivity contribution in [3.63, 3.8) is 0 Å². The lowest BCUT2D eigenvalue weighted by Crippen LogP contribution is -2.42. The van der Waals surface area contributed by atoms with E-state index in [2.05, 4.69) is 26.1 Å². The van der Waals surface area contributed by atoms with Crippen molar-refractivity contribution in [2.45, 2.75) is 58.5 Å². The molecule has 1 nitrogen and oxygen atoms in total. The second-order valence-electron chi connectivity index (χ2n) is 4.09. The first-order chi connectivity index (χ1) is 5.22. The molecule has 0 saturated carbocycles. The Morgan fingerprint density at radius 1 is 1.18 bits per heavy atom. The van der Waals surface area contributed by atoms with E-state index >= 15 is 0 Å². The second kappa shape index (κ2) is 4.10. The van der Waals surface area contributed by atoms with Crippen LogP contribution in [0.5, 0.6) is 0 Å². The summed E-state index contributed by atoms with van der Waals surface area (Å²) < 4.78 is 0. The molecule has 2 unspecified atom stereocenters. The van der Waals surface area contributed by atoms with E-state index in [0.717, 1.165) is 18.0 Å². The van der Waals surface area contributed by atoms with Crippen LogP contribution in [0.15, 0.2) is 0 Å². The highest BCUT2D eigenvalue weighted by atomic mass is 14.9. The first kappa shape index (κ1) is 9.05. The fourth-order valence-corrected chi connectivity index (χ4v) is 2.36. The van der Waals surface area contributed by atoms with E-state index in [9.17, 15) is 0 Å². The zero-order valence-corrected chi connectivity index (χ0v) is 8.06. The molecule has 0 aliphatic carbocycles. The Labute approximate surface area is 70.6 Å². The van der Waals surface area contributed by atoms with Gasteiger partial charge < -0.3 is 5.32 Å². The van der Waals surface area contributed by atoms with E-state index in [0.29, 0.717) is 0 Å². The maximum absolute atomic E-state index is 3.57. The van der Waals surface area contributed by atoms with Crippen molar-refractivity contribution in [2.24, 2.45) is 5.92 Å². The largest absolute Gasteiger partial charge is 0.312 e. The summed E-state index contributed by atoms with van der Waals surface area (Å²) in [5.41, 5.74) is 0. The molecule has 0 spiro atoms. The molecule has 1 saturated heterocycles. The summed E-state index contributed by atoms with van der Waals surface area (Å²) in [5.74, 6) is 0.992. The molecule has 0 aromatic carbocycles. The predicted octanol–water partition coefficient (Wildman–Crippen LogP) is 2.56. The van der Waals surface area contributed by atoms with E-state index < -0.39 is 0 Å². The molecule has 0 bridgehead atoms. The SMILES string of the molecule is CCCC1CC(C)NC(C)C1. The summed E-state index contributed by atoms with van der Waals surface area (Å²) in [6.45, 7) is 6.90. The summed E-state index contributed by atoms with van der Waals surface area (Å²) >= 11 is 0. The summed E-state index contributed by atoms with van der Waals surface area (Å²) in [6.07, 6.45) is 5.55. The van der Waals surface area contributed by atoms with Gasteiger partial charge in [0.25, 0.3) is 0 Å². The fraction of sp³-hybridized carbons (Fsp3) is 1.00. The Balaban J connectivity index is 2.30. The lowest BCUT2D eigenvalue weighted by Gasteiger charge is -2.32. The Kier molecular flexibility index (Phi) is 3.38. The van der Waals surface area contributed by atoms with E-state index in [1.165, 1.54) is 25.7 Å². The van der Waals surface area contributed by atoms with Crippen molar-refractivity contribution in [3.8, 4) is 0 Å². The smallest absolute Gasteiger partial charge is 0.00438 e. The number of rotatable bonds is 2. The van der Waals surface area contributed by atoms with E-state index in [1.807, 2.05) is 0 Å². The molecule has 1 rings (SSSR count). The van der Waals surface area contributed by atoms with Crippen molar-refractivity contribution in [3.05, 3.63) is 0 Å². The molecule has 1 N–H and O–H groups in total. The molecule has 0 aromatic heterocycles. The van der Waals surface area contributed by atoms with Crippen molar-refractivity contribution >= 4 is 0 Å². The highest BCUT2D eigenvalue weighted by molar-refractivity contribution is 4.80. The van der Waals surface area contributed by atoms with Crippen LogP contribution in [0.1, 0.15) is 46.5 Å². The van der Waals surface area contributed by atoms with Crippen LogP contribution in [0.25, 0.3) is 0 Å². The van der Waals surface area contributed by atoms with Gasteiger partial charge in [0.1, 0.15) is 0 Å². The summed E-state index contributed by atoms with van der Waals surface area (Å²) in [4.78, 5) is 0. The van der Waals surface area contributed by atoms with Gasteiger partial charge in [0.2, 0.25) is 0 Å². The van der Waals surface area contributed by atoms with Gasteiger partial charge in [-0.3, -0.25) is 0 Å². The summed E-state index contributed by atoms with van der Waals surface area (Å²) in [7, 11) is 0. The molecule has 1 fully saturated rings. The lowest BCUT2D eigenvalue weighted by molar-refractivity contribution is 0.250. The van der Waals surface area contributed by atoms with Gasteiger partial charge >= 0.3 is 0 Å². The van der Waals surface area contributed by atoms with Crippen LogP contribution in [-0.4, -0.2) is 12.1 Å². The van der Waals surface area contributed by atoms with Crippen molar-refractivity contribution in [1.82, 2.24) is 5.32 Å². The lowest BCUT2D eigenvalue weighted by atomic mass is 9.86. The molecule has 2 atom stereocenters. The average Bonchev–Trinajstić information content (AvgIpc) is 1.85. The third kappa shape index (κ3) is 2.82. The topological polar surface area (TPSA) is 12.0 Å².